The summed E-state index contributed by atoms with van der Waals surface area (Å²) in [6, 6.07) is 9.57. The number of anilines is 1. The summed E-state index contributed by atoms with van der Waals surface area (Å²) in [7, 11) is -3.68. The number of carbonyl (C=O) groups excluding carboxylic acids is 1. The van der Waals surface area contributed by atoms with Gasteiger partial charge in [0.2, 0.25) is 10.0 Å². The Labute approximate surface area is 162 Å². The number of nitrogens with one attached hydrogen (secondary N) is 3. The van der Waals surface area contributed by atoms with Crippen molar-refractivity contribution in [2.75, 3.05) is 18.4 Å². The van der Waals surface area contributed by atoms with Crippen molar-refractivity contribution in [2.45, 2.75) is 25.7 Å². The maximum Gasteiger partial charge on any atom is 0.323 e. The molecule has 2 aromatic carbocycles. The quantitative estimate of drug-likeness (QED) is 0.587. The highest BCUT2D eigenvalue weighted by atomic mass is 32.2. The maximum atomic E-state index is 12.9. The lowest BCUT2D eigenvalue weighted by Gasteiger charge is -2.20. The Bertz CT molecular complexity index is 1190. The molecule has 1 heterocycles. The number of imidazole rings is 1. The van der Waals surface area contributed by atoms with Gasteiger partial charge in [-0.2, -0.15) is 4.31 Å². The number of hydrogen-bond acceptors (Lipinski definition) is 4. The Morgan fingerprint density at radius 3 is 2.39 bits per heavy atom. The Kier molecular flexibility index (Phi) is 5.39. The zero-order valence-corrected chi connectivity index (χ0v) is 16.7. The van der Waals surface area contributed by atoms with Gasteiger partial charge in [0, 0.05) is 24.3 Å². The van der Waals surface area contributed by atoms with Gasteiger partial charge >= 0.3 is 5.69 Å². The maximum absolute atomic E-state index is 12.9. The fourth-order valence-electron chi connectivity index (χ4n) is 3.04. The van der Waals surface area contributed by atoms with Gasteiger partial charge < -0.3 is 15.3 Å². The molecule has 1 amide bonds. The number of nitrogens with zero attached hydrogens (tertiary/aromatic N) is 1. The monoisotopic (exact) mass is 402 g/mol. The third kappa shape index (κ3) is 3.71. The number of carbonyl (C=O) groups is 1. The number of fused-ring (bicyclic) bond motifs is 1. The van der Waals surface area contributed by atoms with Gasteiger partial charge in [0.25, 0.3) is 5.91 Å². The van der Waals surface area contributed by atoms with Crippen LogP contribution >= 0.6 is 0 Å². The molecule has 0 bridgehead atoms. The second-order valence-corrected chi connectivity index (χ2v) is 8.27. The minimum Gasteiger partial charge on any atom is -0.322 e. The molecule has 0 aliphatic carbocycles. The van der Waals surface area contributed by atoms with Crippen LogP contribution in [0.25, 0.3) is 11.0 Å². The molecule has 1 aromatic heterocycles. The molecule has 0 fully saturated rings. The SMILES string of the molecule is CCN(CC)S(=O)(=O)c1cc(C(=O)Nc2ccc3[nH]c(=O)[nH]c3c2)ccc1C. The molecule has 9 heteroatoms. The Balaban J connectivity index is 1.92. The summed E-state index contributed by atoms with van der Waals surface area (Å²) in [5, 5.41) is 2.73. The number of benzene rings is 2. The van der Waals surface area contributed by atoms with Crippen molar-refractivity contribution in [3.05, 3.63) is 58.0 Å². The lowest BCUT2D eigenvalue weighted by atomic mass is 10.1. The van der Waals surface area contributed by atoms with E-state index in [1.807, 2.05) is 0 Å². The first kappa shape index (κ1) is 19.8. The largest absolute Gasteiger partial charge is 0.323 e. The number of hydrogen-bond donors (Lipinski definition) is 3. The number of amides is 1. The first-order chi connectivity index (χ1) is 13.3. The average molecular weight is 402 g/mol. The molecule has 0 aliphatic rings. The van der Waals surface area contributed by atoms with Gasteiger partial charge in [-0.3, -0.25) is 4.79 Å². The fourth-order valence-corrected chi connectivity index (χ4v) is 4.74. The Hall–Kier alpha value is -2.91. The van der Waals surface area contributed by atoms with Gasteiger partial charge in [-0.25, -0.2) is 13.2 Å². The summed E-state index contributed by atoms with van der Waals surface area (Å²) in [5.74, 6) is -0.437. The van der Waals surface area contributed by atoms with Gasteiger partial charge in [-0.15, -0.1) is 0 Å². The molecular formula is C19H22N4O4S. The third-order valence-corrected chi connectivity index (χ3v) is 6.74. The van der Waals surface area contributed by atoms with Crippen LogP contribution < -0.4 is 11.0 Å². The molecule has 0 unspecified atom stereocenters. The summed E-state index contributed by atoms with van der Waals surface area (Å²) >= 11 is 0. The van der Waals surface area contributed by atoms with Crippen molar-refractivity contribution < 1.29 is 13.2 Å². The van der Waals surface area contributed by atoms with E-state index in [0.717, 1.165) is 0 Å². The van der Waals surface area contributed by atoms with Crippen LogP contribution in [-0.4, -0.2) is 41.7 Å². The molecule has 0 atom stereocenters. The van der Waals surface area contributed by atoms with Gasteiger partial charge in [0.15, 0.2) is 0 Å². The molecule has 0 saturated heterocycles. The van der Waals surface area contributed by atoms with Crippen molar-refractivity contribution in [3.63, 3.8) is 0 Å². The van der Waals surface area contributed by atoms with E-state index in [0.29, 0.717) is 35.4 Å². The van der Waals surface area contributed by atoms with Gasteiger partial charge in [0.05, 0.1) is 15.9 Å². The summed E-state index contributed by atoms with van der Waals surface area (Å²) in [6.07, 6.45) is 0. The first-order valence-corrected chi connectivity index (χ1v) is 10.3. The van der Waals surface area contributed by atoms with Crippen LogP contribution in [0.15, 0.2) is 46.1 Å². The molecule has 3 N–H and O–H groups in total. The van der Waals surface area contributed by atoms with Gasteiger partial charge in [-0.05, 0) is 42.8 Å². The van der Waals surface area contributed by atoms with Crippen LogP contribution in [0.1, 0.15) is 29.8 Å². The van der Waals surface area contributed by atoms with E-state index < -0.39 is 15.9 Å². The number of aromatic amines is 2. The van der Waals surface area contributed by atoms with Gasteiger partial charge in [0.1, 0.15) is 0 Å². The van der Waals surface area contributed by atoms with E-state index in [1.165, 1.54) is 10.4 Å². The van der Waals surface area contributed by atoms with E-state index in [4.69, 9.17) is 0 Å². The highest BCUT2D eigenvalue weighted by molar-refractivity contribution is 7.89. The van der Waals surface area contributed by atoms with Crippen molar-refractivity contribution >= 4 is 32.7 Å². The molecular weight excluding hydrogens is 380 g/mol. The predicted molar refractivity (Wildman–Crippen MR) is 108 cm³/mol. The van der Waals surface area contributed by atoms with Crippen LogP contribution in [0, 0.1) is 6.92 Å². The number of aryl methyl sites for hydroxylation is 1. The van der Waals surface area contributed by atoms with Crippen LogP contribution in [-0.2, 0) is 10.0 Å². The van der Waals surface area contributed by atoms with E-state index in [-0.39, 0.29) is 16.1 Å². The lowest BCUT2D eigenvalue weighted by Crippen LogP contribution is -2.31. The van der Waals surface area contributed by atoms with E-state index in [2.05, 4.69) is 15.3 Å². The summed E-state index contributed by atoms with van der Waals surface area (Å²) in [6.45, 7) is 5.95. The molecule has 148 valence electrons. The van der Waals surface area contributed by atoms with Crippen molar-refractivity contribution in [1.82, 2.24) is 14.3 Å². The number of rotatable bonds is 6. The topological polar surface area (TPSA) is 115 Å². The molecule has 3 rings (SSSR count). The molecule has 8 nitrogen and oxygen atoms in total. The molecule has 28 heavy (non-hydrogen) atoms. The summed E-state index contributed by atoms with van der Waals surface area (Å²) < 4.78 is 27.1. The van der Waals surface area contributed by atoms with E-state index >= 15 is 0 Å². The van der Waals surface area contributed by atoms with Crippen molar-refractivity contribution in [3.8, 4) is 0 Å². The minimum atomic E-state index is -3.68. The number of sulfonamides is 1. The first-order valence-electron chi connectivity index (χ1n) is 8.90. The second-order valence-electron chi connectivity index (χ2n) is 6.36. The lowest BCUT2D eigenvalue weighted by molar-refractivity contribution is 0.102. The van der Waals surface area contributed by atoms with Crippen molar-refractivity contribution in [1.29, 1.82) is 0 Å². The zero-order valence-electron chi connectivity index (χ0n) is 15.9. The molecule has 0 radical (unpaired) electrons. The summed E-state index contributed by atoms with van der Waals surface area (Å²) in [4.78, 5) is 29.4. The Morgan fingerprint density at radius 1 is 1.04 bits per heavy atom. The summed E-state index contributed by atoms with van der Waals surface area (Å²) in [5.41, 5.74) is 2.17. The highest BCUT2D eigenvalue weighted by Crippen LogP contribution is 2.22. The Morgan fingerprint density at radius 2 is 1.71 bits per heavy atom. The average Bonchev–Trinajstić information content (AvgIpc) is 3.02. The van der Waals surface area contributed by atoms with Crippen LogP contribution in [0.2, 0.25) is 0 Å². The smallest absolute Gasteiger partial charge is 0.322 e. The second kappa shape index (κ2) is 7.61. The van der Waals surface area contributed by atoms with E-state index in [9.17, 15) is 18.0 Å². The molecule has 0 aliphatic heterocycles. The molecule has 3 aromatic rings. The van der Waals surface area contributed by atoms with Crippen LogP contribution in [0.3, 0.4) is 0 Å². The fraction of sp³-hybridized carbons (Fsp3) is 0.263. The number of H-pyrrole nitrogens is 2. The normalized spacial score (nSPS) is 11.9. The predicted octanol–water partition coefficient (Wildman–Crippen LogP) is 2.45. The third-order valence-electron chi connectivity index (χ3n) is 4.55. The van der Waals surface area contributed by atoms with E-state index in [1.54, 1.807) is 51.1 Å². The van der Waals surface area contributed by atoms with Gasteiger partial charge in [-0.1, -0.05) is 19.9 Å². The van der Waals surface area contributed by atoms with Crippen LogP contribution in [0.5, 0.6) is 0 Å². The standard InChI is InChI=1S/C19H22N4O4S/c1-4-23(5-2)28(26,27)17-10-13(7-6-12(17)3)18(24)20-14-8-9-15-16(11-14)22-19(25)21-15/h6-11H,4-5H2,1-3H3,(H,20,24)(H2,21,22,25). The van der Waals surface area contributed by atoms with Crippen molar-refractivity contribution in [2.24, 2.45) is 0 Å². The number of aromatic nitrogens is 2. The molecule has 0 saturated carbocycles. The molecule has 0 spiro atoms. The highest BCUT2D eigenvalue weighted by Gasteiger charge is 2.24. The minimum absolute atomic E-state index is 0.120. The van der Waals surface area contributed by atoms with Crippen LogP contribution in [0.4, 0.5) is 5.69 Å². The zero-order chi connectivity index (χ0) is 20.5.